The largest absolute Gasteiger partial charge is 0.481 e. The smallest absolute Gasteiger partial charge is 0.308 e. The molecule has 25 heavy (non-hydrogen) atoms. The van der Waals surface area contributed by atoms with E-state index in [1.165, 1.54) is 0 Å². The van der Waals surface area contributed by atoms with Crippen LogP contribution in [0.1, 0.15) is 44.6 Å². The molecular weight excluding hydrogens is 318 g/mol. The van der Waals surface area contributed by atoms with Crippen molar-refractivity contribution in [3.63, 3.8) is 0 Å². The van der Waals surface area contributed by atoms with Crippen LogP contribution in [-0.4, -0.2) is 36.7 Å². The highest BCUT2D eigenvalue weighted by molar-refractivity contribution is 5.84. The number of rotatable bonds is 8. The van der Waals surface area contributed by atoms with Crippen molar-refractivity contribution in [2.75, 3.05) is 19.8 Å². The summed E-state index contributed by atoms with van der Waals surface area (Å²) < 4.78 is 5.32. The summed E-state index contributed by atoms with van der Waals surface area (Å²) in [5.41, 5.74) is 0.979. The Kier molecular flexibility index (Phi) is 7.44. The van der Waals surface area contributed by atoms with Gasteiger partial charge in [-0.05, 0) is 30.2 Å². The van der Waals surface area contributed by atoms with Gasteiger partial charge in [-0.25, -0.2) is 0 Å². The molecule has 1 aromatic carbocycles. The van der Waals surface area contributed by atoms with Crippen LogP contribution in [0.2, 0.25) is 0 Å². The second kappa shape index (κ2) is 9.56. The minimum atomic E-state index is -0.841. The Labute approximate surface area is 149 Å². The highest BCUT2D eigenvalue weighted by atomic mass is 16.5. The average molecular weight is 347 g/mol. The average Bonchev–Trinajstić information content (AvgIpc) is 2.63. The Hall–Kier alpha value is -1.88. The van der Waals surface area contributed by atoms with Gasteiger partial charge in [-0.1, -0.05) is 50.6 Å². The first-order valence-electron chi connectivity index (χ1n) is 9.17. The van der Waals surface area contributed by atoms with Crippen molar-refractivity contribution in [3.8, 4) is 0 Å². The van der Waals surface area contributed by atoms with E-state index in [-0.39, 0.29) is 30.2 Å². The highest BCUT2D eigenvalue weighted by Crippen LogP contribution is 2.28. The van der Waals surface area contributed by atoms with E-state index in [9.17, 15) is 14.7 Å². The number of hydrogen-bond acceptors (Lipinski definition) is 3. The second-order valence-corrected chi connectivity index (χ2v) is 6.91. The zero-order valence-electron chi connectivity index (χ0n) is 15.1. The van der Waals surface area contributed by atoms with Gasteiger partial charge in [0.05, 0.1) is 11.8 Å². The molecule has 1 fully saturated rings. The third-order valence-electron chi connectivity index (χ3n) is 5.30. The SMILES string of the molecule is CCC(C)C(C(=O)NCC(C(=O)O)C1CCOCC1)c1ccccc1. The summed E-state index contributed by atoms with van der Waals surface area (Å²) in [7, 11) is 0. The van der Waals surface area contributed by atoms with Crippen molar-refractivity contribution >= 4 is 11.9 Å². The molecule has 5 nitrogen and oxygen atoms in total. The molecular formula is C20H29NO4. The van der Waals surface area contributed by atoms with E-state index in [0.29, 0.717) is 13.2 Å². The minimum absolute atomic E-state index is 0.0605. The molecule has 2 rings (SSSR count). The number of carboxylic acids is 1. The number of carboxylic acid groups (broad SMARTS) is 1. The summed E-state index contributed by atoms with van der Waals surface area (Å²) in [6.07, 6.45) is 2.36. The Morgan fingerprint density at radius 3 is 2.44 bits per heavy atom. The molecule has 5 heteroatoms. The molecule has 0 spiro atoms. The van der Waals surface area contributed by atoms with E-state index in [1.54, 1.807) is 0 Å². The van der Waals surface area contributed by atoms with Crippen molar-refractivity contribution in [1.29, 1.82) is 0 Å². The number of benzene rings is 1. The van der Waals surface area contributed by atoms with Crippen molar-refractivity contribution in [2.24, 2.45) is 17.8 Å². The topological polar surface area (TPSA) is 75.6 Å². The van der Waals surface area contributed by atoms with Gasteiger partial charge in [0.1, 0.15) is 0 Å². The molecule has 0 aromatic heterocycles. The second-order valence-electron chi connectivity index (χ2n) is 6.91. The number of nitrogens with one attached hydrogen (secondary N) is 1. The van der Waals surface area contributed by atoms with Crippen LogP contribution in [0, 0.1) is 17.8 Å². The summed E-state index contributed by atoms with van der Waals surface area (Å²) in [6.45, 7) is 5.50. The molecule has 1 amide bonds. The molecule has 0 bridgehead atoms. The van der Waals surface area contributed by atoms with Crippen LogP contribution in [0.3, 0.4) is 0 Å². The van der Waals surface area contributed by atoms with Crippen molar-refractivity contribution < 1.29 is 19.4 Å². The normalized spacial score (nSPS) is 19.0. The lowest BCUT2D eigenvalue weighted by Gasteiger charge is -2.29. The molecule has 1 aliphatic heterocycles. The molecule has 0 radical (unpaired) electrons. The summed E-state index contributed by atoms with van der Waals surface area (Å²) in [6, 6.07) is 9.72. The van der Waals surface area contributed by atoms with Gasteiger partial charge in [-0.3, -0.25) is 9.59 Å². The fourth-order valence-electron chi connectivity index (χ4n) is 3.53. The molecule has 1 aliphatic rings. The molecule has 1 heterocycles. The Balaban J connectivity index is 2.05. The molecule has 3 unspecified atom stereocenters. The van der Waals surface area contributed by atoms with Crippen LogP contribution >= 0.6 is 0 Å². The van der Waals surface area contributed by atoms with E-state index < -0.39 is 11.9 Å². The molecule has 2 N–H and O–H groups in total. The van der Waals surface area contributed by atoms with Crippen LogP contribution in [-0.2, 0) is 14.3 Å². The maximum Gasteiger partial charge on any atom is 0.308 e. The maximum absolute atomic E-state index is 12.8. The lowest BCUT2D eigenvalue weighted by Crippen LogP contribution is -2.41. The third kappa shape index (κ3) is 5.30. The van der Waals surface area contributed by atoms with Crippen LogP contribution in [0.4, 0.5) is 0 Å². The van der Waals surface area contributed by atoms with Crippen LogP contribution in [0.15, 0.2) is 30.3 Å². The summed E-state index contributed by atoms with van der Waals surface area (Å²) in [5, 5.41) is 12.5. The van der Waals surface area contributed by atoms with Gasteiger partial charge < -0.3 is 15.2 Å². The fraction of sp³-hybridized carbons (Fsp3) is 0.600. The predicted octanol–water partition coefficient (Wildman–Crippen LogP) is 3.06. The zero-order valence-corrected chi connectivity index (χ0v) is 15.1. The van der Waals surface area contributed by atoms with Crippen LogP contribution in [0.25, 0.3) is 0 Å². The van der Waals surface area contributed by atoms with Gasteiger partial charge >= 0.3 is 5.97 Å². The Bertz CT molecular complexity index is 554. The lowest BCUT2D eigenvalue weighted by atomic mass is 9.83. The maximum atomic E-state index is 12.8. The number of aliphatic carboxylic acids is 1. The Morgan fingerprint density at radius 2 is 1.88 bits per heavy atom. The van der Waals surface area contributed by atoms with Gasteiger partial charge in [0.15, 0.2) is 0 Å². The molecule has 3 atom stereocenters. The van der Waals surface area contributed by atoms with E-state index in [0.717, 1.165) is 24.8 Å². The van der Waals surface area contributed by atoms with Crippen molar-refractivity contribution in [2.45, 2.75) is 39.0 Å². The highest BCUT2D eigenvalue weighted by Gasteiger charge is 2.32. The summed E-state index contributed by atoms with van der Waals surface area (Å²) in [4.78, 5) is 24.5. The predicted molar refractivity (Wildman–Crippen MR) is 96.3 cm³/mol. The molecule has 1 saturated heterocycles. The number of amides is 1. The number of ether oxygens (including phenoxy) is 1. The van der Waals surface area contributed by atoms with Gasteiger partial charge in [0.2, 0.25) is 5.91 Å². The van der Waals surface area contributed by atoms with Crippen molar-refractivity contribution in [1.82, 2.24) is 5.32 Å². The standard InChI is InChI=1S/C20H29NO4/c1-3-14(2)18(16-7-5-4-6-8-16)19(22)21-13-17(20(23)24)15-9-11-25-12-10-15/h4-8,14-15,17-18H,3,9-13H2,1-2H3,(H,21,22)(H,23,24). The first-order valence-corrected chi connectivity index (χ1v) is 9.17. The first-order chi connectivity index (χ1) is 12.0. The van der Waals surface area contributed by atoms with E-state index in [1.807, 2.05) is 30.3 Å². The number of hydrogen-bond donors (Lipinski definition) is 2. The monoisotopic (exact) mass is 347 g/mol. The molecule has 1 aromatic rings. The van der Waals surface area contributed by atoms with E-state index >= 15 is 0 Å². The summed E-state index contributed by atoms with van der Waals surface area (Å²) >= 11 is 0. The quantitative estimate of drug-likeness (QED) is 0.758. The van der Waals surface area contributed by atoms with Gasteiger partial charge in [0.25, 0.3) is 0 Å². The molecule has 138 valence electrons. The number of carbonyl (C=O) groups excluding carboxylic acids is 1. The minimum Gasteiger partial charge on any atom is -0.481 e. The number of carbonyl (C=O) groups is 2. The molecule has 0 saturated carbocycles. The van der Waals surface area contributed by atoms with Crippen LogP contribution in [0.5, 0.6) is 0 Å². The van der Waals surface area contributed by atoms with Crippen molar-refractivity contribution in [3.05, 3.63) is 35.9 Å². The third-order valence-corrected chi connectivity index (χ3v) is 5.30. The van der Waals surface area contributed by atoms with Gasteiger partial charge in [-0.15, -0.1) is 0 Å². The van der Waals surface area contributed by atoms with Crippen LogP contribution < -0.4 is 5.32 Å². The van der Waals surface area contributed by atoms with Gasteiger partial charge in [0, 0.05) is 19.8 Å². The lowest BCUT2D eigenvalue weighted by molar-refractivity contribution is -0.145. The summed E-state index contributed by atoms with van der Waals surface area (Å²) in [5.74, 6) is -1.48. The zero-order chi connectivity index (χ0) is 18.2. The van der Waals surface area contributed by atoms with E-state index in [2.05, 4.69) is 19.2 Å². The fourth-order valence-corrected chi connectivity index (χ4v) is 3.53. The van der Waals surface area contributed by atoms with Gasteiger partial charge in [-0.2, -0.15) is 0 Å². The first kappa shape index (κ1) is 19.4. The van der Waals surface area contributed by atoms with E-state index in [4.69, 9.17) is 4.74 Å². The molecule has 0 aliphatic carbocycles. The Morgan fingerprint density at radius 1 is 1.24 bits per heavy atom.